The number of aromatic nitrogens is 1. The molecular formula is C21H20N2O6S. The average molecular weight is 428 g/mol. The van der Waals surface area contributed by atoms with Crippen LogP contribution >= 0.6 is 11.3 Å². The second-order valence-electron chi connectivity index (χ2n) is 5.94. The summed E-state index contributed by atoms with van der Waals surface area (Å²) < 4.78 is 20.8. The first kappa shape index (κ1) is 21.1. The Morgan fingerprint density at radius 3 is 2.27 bits per heavy atom. The van der Waals surface area contributed by atoms with Crippen molar-refractivity contribution in [3.63, 3.8) is 0 Å². The number of hydrogen-bond donors (Lipinski definition) is 1. The number of esters is 1. The van der Waals surface area contributed by atoms with Gasteiger partial charge in [-0.25, -0.2) is 9.78 Å². The molecular weight excluding hydrogens is 408 g/mol. The second-order valence-corrected chi connectivity index (χ2v) is 6.80. The molecule has 0 radical (unpaired) electrons. The zero-order chi connectivity index (χ0) is 21.5. The van der Waals surface area contributed by atoms with E-state index in [1.54, 1.807) is 17.5 Å². The molecule has 156 valence electrons. The van der Waals surface area contributed by atoms with Crippen molar-refractivity contribution >= 4 is 28.9 Å². The van der Waals surface area contributed by atoms with E-state index in [0.717, 1.165) is 5.56 Å². The summed E-state index contributed by atoms with van der Waals surface area (Å²) >= 11 is 1.33. The predicted octanol–water partition coefficient (Wildman–Crippen LogP) is 3.63. The molecule has 3 rings (SSSR count). The number of carbonyl (C=O) groups excluding carboxylic acids is 2. The van der Waals surface area contributed by atoms with Gasteiger partial charge in [0.2, 0.25) is 5.75 Å². The number of nitrogens with zero attached hydrogens (tertiary/aromatic N) is 1. The number of nitrogens with one attached hydrogen (secondary N) is 1. The lowest BCUT2D eigenvalue weighted by molar-refractivity contribution is -0.119. The molecule has 1 aromatic heterocycles. The molecule has 0 spiro atoms. The SMILES string of the molecule is COc1cc(NC(=O)COC(=O)c2csc(-c3ccccc3)n2)cc(OC)c1OC. The predicted molar refractivity (Wildman–Crippen MR) is 113 cm³/mol. The Kier molecular flexibility index (Phi) is 6.87. The summed E-state index contributed by atoms with van der Waals surface area (Å²) in [5.74, 6) is -0.00749. The van der Waals surface area contributed by atoms with E-state index in [0.29, 0.717) is 27.9 Å². The summed E-state index contributed by atoms with van der Waals surface area (Å²) in [7, 11) is 4.43. The van der Waals surface area contributed by atoms with Crippen molar-refractivity contribution in [3.8, 4) is 27.8 Å². The highest BCUT2D eigenvalue weighted by Gasteiger charge is 2.17. The van der Waals surface area contributed by atoms with Crippen LogP contribution in [0.3, 0.4) is 0 Å². The molecule has 1 amide bonds. The minimum Gasteiger partial charge on any atom is -0.493 e. The number of thiazole rings is 1. The highest BCUT2D eigenvalue weighted by Crippen LogP contribution is 2.39. The highest BCUT2D eigenvalue weighted by molar-refractivity contribution is 7.13. The molecule has 1 N–H and O–H groups in total. The number of methoxy groups -OCH3 is 3. The van der Waals surface area contributed by atoms with Crippen LogP contribution in [-0.2, 0) is 9.53 Å². The first-order chi connectivity index (χ1) is 14.5. The number of ether oxygens (including phenoxy) is 4. The van der Waals surface area contributed by atoms with Crippen LogP contribution in [-0.4, -0.2) is 44.8 Å². The topological polar surface area (TPSA) is 96.0 Å². The van der Waals surface area contributed by atoms with E-state index in [4.69, 9.17) is 18.9 Å². The minimum atomic E-state index is -0.673. The number of rotatable bonds is 8. The van der Waals surface area contributed by atoms with Gasteiger partial charge < -0.3 is 24.3 Å². The van der Waals surface area contributed by atoms with Crippen LogP contribution in [0.4, 0.5) is 5.69 Å². The smallest absolute Gasteiger partial charge is 0.358 e. The van der Waals surface area contributed by atoms with Gasteiger partial charge in [0.1, 0.15) is 5.01 Å². The van der Waals surface area contributed by atoms with Gasteiger partial charge in [-0.05, 0) is 0 Å². The van der Waals surface area contributed by atoms with Gasteiger partial charge in [0, 0.05) is 28.8 Å². The lowest BCUT2D eigenvalue weighted by Gasteiger charge is -2.14. The zero-order valence-electron chi connectivity index (χ0n) is 16.6. The molecule has 0 aliphatic heterocycles. The molecule has 3 aromatic rings. The average Bonchev–Trinajstić information content (AvgIpc) is 3.27. The molecule has 0 aliphatic carbocycles. The molecule has 30 heavy (non-hydrogen) atoms. The van der Waals surface area contributed by atoms with E-state index >= 15 is 0 Å². The summed E-state index contributed by atoms with van der Waals surface area (Å²) in [4.78, 5) is 28.7. The van der Waals surface area contributed by atoms with E-state index in [9.17, 15) is 9.59 Å². The minimum absolute atomic E-state index is 0.152. The normalized spacial score (nSPS) is 10.2. The van der Waals surface area contributed by atoms with Crippen molar-refractivity contribution in [2.24, 2.45) is 0 Å². The Balaban J connectivity index is 1.61. The molecule has 9 heteroatoms. The lowest BCUT2D eigenvalue weighted by Crippen LogP contribution is -2.21. The maximum absolute atomic E-state index is 12.2. The van der Waals surface area contributed by atoms with Crippen molar-refractivity contribution < 1.29 is 28.5 Å². The molecule has 0 fully saturated rings. The number of hydrogen-bond acceptors (Lipinski definition) is 8. The number of amides is 1. The fourth-order valence-electron chi connectivity index (χ4n) is 2.64. The molecule has 2 aromatic carbocycles. The Hall–Kier alpha value is -3.59. The largest absolute Gasteiger partial charge is 0.493 e. The van der Waals surface area contributed by atoms with Crippen molar-refractivity contribution in [3.05, 3.63) is 53.5 Å². The van der Waals surface area contributed by atoms with E-state index in [1.807, 2.05) is 30.3 Å². The van der Waals surface area contributed by atoms with Gasteiger partial charge >= 0.3 is 5.97 Å². The van der Waals surface area contributed by atoms with Crippen molar-refractivity contribution in [2.75, 3.05) is 33.3 Å². The molecule has 0 saturated heterocycles. The van der Waals surface area contributed by atoms with E-state index in [2.05, 4.69) is 10.3 Å². The molecule has 0 bridgehead atoms. The Morgan fingerprint density at radius 1 is 1.00 bits per heavy atom. The van der Waals surface area contributed by atoms with Crippen LogP contribution in [0, 0.1) is 0 Å². The van der Waals surface area contributed by atoms with Crippen LogP contribution < -0.4 is 19.5 Å². The van der Waals surface area contributed by atoms with Gasteiger partial charge in [0.15, 0.2) is 23.8 Å². The van der Waals surface area contributed by atoms with E-state index in [-0.39, 0.29) is 5.69 Å². The van der Waals surface area contributed by atoms with Gasteiger partial charge in [0.05, 0.1) is 21.3 Å². The van der Waals surface area contributed by atoms with Crippen molar-refractivity contribution in [1.29, 1.82) is 0 Å². The number of benzene rings is 2. The number of anilines is 1. The highest BCUT2D eigenvalue weighted by atomic mass is 32.1. The molecule has 0 unspecified atom stereocenters. The van der Waals surface area contributed by atoms with Crippen molar-refractivity contribution in [2.45, 2.75) is 0 Å². The third-order valence-corrected chi connectivity index (χ3v) is 4.91. The second kappa shape index (κ2) is 9.75. The van der Waals surface area contributed by atoms with Crippen LogP contribution in [0.25, 0.3) is 10.6 Å². The van der Waals surface area contributed by atoms with Crippen LogP contribution in [0.2, 0.25) is 0 Å². The first-order valence-corrected chi connectivity index (χ1v) is 9.71. The molecule has 8 nitrogen and oxygen atoms in total. The third kappa shape index (κ3) is 4.87. The maximum Gasteiger partial charge on any atom is 0.358 e. The maximum atomic E-state index is 12.2. The van der Waals surface area contributed by atoms with Gasteiger partial charge in [-0.3, -0.25) is 4.79 Å². The lowest BCUT2D eigenvalue weighted by atomic mass is 10.2. The summed E-state index contributed by atoms with van der Waals surface area (Å²) in [5, 5.41) is 4.93. The molecule has 1 heterocycles. The fourth-order valence-corrected chi connectivity index (χ4v) is 3.43. The van der Waals surface area contributed by atoms with Gasteiger partial charge in [-0.1, -0.05) is 30.3 Å². The van der Waals surface area contributed by atoms with E-state index < -0.39 is 18.5 Å². The molecule has 0 atom stereocenters. The fraction of sp³-hybridized carbons (Fsp3) is 0.190. The van der Waals surface area contributed by atoms with Gasteiger partial charge in [-0.15, -0.1) is 11.3 Å². The third-order valence-electron chi connectivity index (χ3n) is 4.02. The Morgan fingerprint density at radius 2 is 1.67 bits per heavy atom. The van der Waals surface area contributed by atoms with Crippen LogP contribution in [0.5, 0.6) is 17.2 Å². The van der Waals surface area contributed by atoms with Crippen molar-refractivity contribution in [1.82, 2.24) is 4.98 Å². The molecule has 0 saturated carbocycles. The van der Waals surface area contributed by atoms with E-state index in [1.165, 1.54) is 32.7 Å². The molecule has 0 aliphatic rings. The number of carbonyl (C=O) groups is 2. The summed E-state index contributed by atoms with van der Waals surface area (Å²) in [6.45, 7) is -0.465. The standard InChI is InChI=1S/C21H20N2O6S/c1-26-16-9-14(10-17(27-2)19(16)28-3)22-18(24)11-29-21(25)15-12-30-20(23-15)13-7-5-4-6-8-13/h4-10,12H,11H2,1-3H3,(H,22,24). The Bertz CT molecular complexity index is 1010. The Labute approximate surface area is 177 Å². The quantitative estimate of drug-likeness (QED) is 0.547. The summed E-state index contributed by atoms with van der Waals surface area (Å²) in [6, 6.07) is 12.6. The van der Waals surface area contributed by atoms with Crippen LogP contribution in [0.1, 0.15) is 10.5 Å². The monoisotopic (exact) mass is 428 g/mol. The summed E-state index contributed by atoms with van der Waals surface area (Å²) in [6.07, 6.45) is 0. The van der Waals surface area contributed by atoms with Gasteiger partial charge in [-0.2, -0.15) is 0 Å². The van der Waals surface area contributed by atoms with Gasteiger partial charge in [0.25, 0.3) is 5.91 Å². The first-order valence-electron chi connectivity index (χ1n) is 8.83. The van der Waals surface area contributed by atoms with Crippen LogP contribution in [0.15, 0.2) is 47.8 Å². The summed E-state index contributed by atoms with van der Waals surface area (Å²) in [5.41, 5.74) is 1.46. The zero-order valence-corrected chi connectivity index (χ0v) is 17.4.